The first-order chi connectivity index (χ1) is 30.6. The van der Waals surface area contributed by atoms with Crippen LogP contribution in [-0.4, -0.2) is 12.7 Å². The Morgan fingerprint density at radius 1 is 0.422 bits per heavy atom. The van der Waals surface area contributed by atoms with Crippen LogP contribution in [0, 0.1) is 101 Å². The summed E-state index contributed by atoms with van der Waals surface area (Å²) in [5, 5.41) is 0. The number of rotatable bonds is 10. The number of aryl methyl sites for hydroxylation is 2. The SMILES string of the molecule is Cc1cc(OC(F)(F)C2CCC(C3CCC(C)CC3)CC2)c(C)c(C)c1C1CCC(C)CC1.Cc1cc(OCC2CCC(C3CCC(C)CC3)CC2)c(C)c(C)c1C1CCC(C)CC1. The summed E-state index contributed by atoms with van der Waals surface area (Å²) in [5.41, 5.74) is 10.6. The van der Waals surface area contributed by atoms with Gasteiger partial charge in [0.1, 0.15) is 11.5 Å². The fourth-order valence-corrected chi connectivity index (χ4v) is 14.4. The molecule has 6 aliphatic carbocycles. The summed E-state index contributed by atoms with van der Waals surface area (Å²) >= 11 is 0. The molecule has 0 atom stereocenters. The topological polar surface area (TPSA) is 18.5 Å². The minimum atomic E-state index is -3.09. The molecular weight excluding hydrogens is 791 g/mol. The van der Waals surface area contributed by atoms with Gasteiger partial charge < -0.3 is 9.47 Å². The molecule has 64 heavy (non-hydrogen) atoms. The van der Waals surface area contributed by atoms with Crippen LogP contribution in [0.15, 0.2) is 12.1 Å². The Balaban J connectivity index is 0.000000192. The molecule has 6 saturated carbocycles. The van der Waals surface area contributed by atoms with Crippen molar-refractivity contribution in [2.75, 3.05) is 6.61 Å². The van der Waals surface area contributed by atoms with Crippen molar-refractivity contribution in [3.63, 3.8) is 0 Å². The van der Waals surface area contributed by atoms with Gasteiger partial charge in [0.15, 0.2) is 0 Å². The molecule has 0 radical (unpaired) electrons. The van der Waals surface area contributed by atoms with E-state index < -0.39 is 12.0 Å². The summed E-state index contributed by atoms with van der Waals surface area (Å²) in [6.45, 7) is 23.6. The average Bonchev–Trinajstić information content (AvgIpc) is 3.28. The molecule has 360 valence electrons. The molecule has 2 aromatic rings. The summed E-state index contributed by atoms with van der Waals surface area (Å²) in [5.74, 6) is 9.98. The predicted molar refractivity (Wildman–Crippen MR) is 266 cm³/mol. The van der Waals surface area contributed by atoms with E-state index in [4.69, 9.17) is 9.47 Å². The summed E-state index contributed by atoms with van der Waals surface area (Å²) in [6, 6.07) is 4.27. The molecule has 0 saturated heterocycles. The standard InChI is InChI=1S/C30H46F2O.C30H48O/c1-19-6-10-24(11-7-19)25-14-16-27(17-15-25)30(31,32)33-28-18-21(3)29(23(5)22(28)4)26-12-8-20(2)9-13-26;1-20-6-12-26(13-7-20)27-16-10-25(11-17-27)19-31-29-18-22(3)30(24(5)23(29)4)28-14-8-21(2)9-15-28/h18-20,24-27H,6-17H2,1-5H3;18,20-21,25-28H,6-17,19H2,1-5H3. The second-order valence-electron chi connectivity index (χ2n) is 24.0. The lowest BCUT2D eigenvalue weighted by Gasteiger charge is -2.39. The number of alkyl halides is 2. The fraction of sp³-hybridized carbons (Fsp3) is 0.800. The van der Waals surface area contributed by atoms with Crippen LogP contribution in [0.5, 0.6) is 11.5 Å². The molecule has 0 bridgehead atoms. The van der Waals surface area contributed by atoms with E-state index in [9.17, 15) is 0 Å². The van der Waals surface area contributed by atoms with E-state index in [0.717, 1.165) is 95.1 Å². The van der Waals surface area contributed by atoms with Gasteiger partial charge in [-0.05, 0) is 266 Å². The van der Waals surface area contributed by atoms with Crippen molar-refractivity contribution >= 4 is 0 Å². The Hall–Kier alpha value is -2.10. The van der Waals surface area contributed by atoms with Crippen molar-refractivity contribution < 1.29 is 18.3 Å². The van der Waals surface area contributed by atoms with Gasteiger partial charge in [-0.1, -0.05) is 79.1 Å². The number of ether oxygens (including phenoxy) is 2. The van der Waals surface area contributed by atoms with Crippen LogP contribution in [0.2, 0.25) is 0 Å². The van der Waals surface area contributed by atoms with E-state index >= 15 is 8.78 Å². The van der Waals surface area contributed by atoms with Gasteiger partial charge in [0.05, 0.1) is 12.5 Å². The summed E-state index contributed by atoms with van der Waals surface area (Å²) < 4.78 is 42.7. The van der Waals surface area contributed by atoms with Crippen LogP contribution in [0.25, 0.3) is 0 Å². The Kier molecular flexibility index (Phi) is 17.4. The van der Waals surface area contributed by atoms with Crippen molar-refractivity contribution in [3.8, 4) is 11.5 Å². The Labute approximate surface area is 392 Å². The average molecular weight is 885 g/mol. The zero-order valence-electron chi connectivity index (χ0n) is 42.8. The van der Waals surface area contributed by atoms with E-state index in [0.29, 0.717) is 30.4 Å². The molecule has 0 heterocycles. The predicted octanol–water partition coefficient (Wildman–Crippen LogP) is 18.4. The maximum Gasteiger partial charge on any atom is 0.400 e. The minimum absolute atomic E-state index is 0.395. The first kappa shape index (κ1) is 49.8. The molecule has 2 aromatic carbocycles. The maximum absolute atomic E-state index is 15.3. The highest BCUT2D eigenvalue weighted by Gasteiger charge is 2.45. The summed E-state index contributed by atoms with van der Waals surface area (Å²) in [4.78, 5) is 0. The zero-order chi connectivity index (χ0) is 45.7. The second kappa shape index (κ2) is 22.3. The van der Waals surface area contributed by atoms with Crippen molar-refractivity contribution in [3.05, 3.63) is 56.6 Å². The maximum atomic E-state index is 15.3. The second-order valence-corrected chi connectivity index (χ2v) is 24.0. The lowest BCUT2D eigenvalue weighted by atomic mass is 9.69. The third-order valence-electron chi connectivity index (χ3n) is 19.4. The number of halogens is 2. The molecule has 8 rings (SSSR count). The van der Waals surface area contributed by atoms with Crippen molar-refractivity contribution in [2.45, 2.75) is 241 Å². The number of hydrogen-bond donors (Lipinski definition) is 0. The van der Waals surface area contributed by atoms with Gasteiger partial charge in [0.25, 0.3) is 0 Å². The first-order valence-electron chi connectivity index (χ1n) is 27.5. The van der Waals surface area contributed by atoms with Crippen LogP contribution < -0.4 is 9.47 Å². The molecule has 2 nitrogen and oxygen atoms in total. The van der Waals surface area contributed by atoms with Gasteiger partial charge in [0.2, 0.25) is 0 Å². The highest BCUT2D eigenvalue weighted by atomic mass is 19.3. The van der Waals surface area contributed by atoms with Crippen molar-refractivity contribution in [1.29, 1.82) is 0 Å². The molecule has 0 aliphatic heterocycles. The molecule has 4 heteroatoms. The third kappa shape index (κ3) is 12.3. The minimum Gasteiger partial charge on any atom is -0.493 e. The molecule has 0 spiro atoms. The molecule has 0 unspecified atom stereocenters. The Morgan fingerprint density at radius 2 is 0.750 bits per heavy atom. The lowest BCUT2D eigenvalue weighted by molar-refractivity contribution is -0.224. The first-order valence-corrected chi connectivity index (χ1v) is 27.5. The van der Waals surface area contributed by atoms with E-state index in [-0.39, 0.29) is 0 Å². The molecule has 6 fully saturated rings. The Bertz CT molecular complexity index is 1770. The van der Waals surface area contributed by atoms with E-state index in [1.165, 1.54) is 151 Å². The van der Waals surface area contributed by atoms with Crippen molar-refractivity contribution in [2.24, 2.45) is 59.2 Å². The summed E-state index contributed by atoms with van der Waals surface area (Å²) in [6.07, 6.45) is 27.3. The van der Waals surface area contributed by atoms with Gasteiger partial charge in [-0.2, -0.15) is 8.78 Å². The van der Waals surface area contributed by atoms with Crippen LogP contribution in [0.3, 0.4) is 0 Å². The fourth-order valence-electron chi connectivity index (χ4n) is 14.4. The monoisotopic (exact) mass is 885 g/mol. The number of benzene rings is 2. The van der Waals surface area contributed by atoms with Crippen LogP contribution in [0.4, 0.5) is 8.78 Å². The van der Waals surface area contributed by atoms with Gasteiger partial charge in [-0.3, -0.25) is 0 Å². The molecule has 6 aliphatic rings. The van der Waals surface area contributed by atoms with Crippen LogP contribution in [-0.2, 0) is 0 Å². The zero-order valence-corrected chi connectivity index (χ0v) is 42.8. The Morgan fingerprint density at radius 3 is 1.16 bits per heavy atom. The van der Waals surface area contributed by atoms with Crippen LogP contribution >= 0.6 is 0 Å². The third-order valence-corrected chi connectivity index (χ3v) is 19.4. The highest BCUT2D eigenvalue weighted by molar-refractivity contribution is 5.51. The number of hydrogen-bond acceptors (Lipinski definition) is 2. The van der Waals surface area contributed by atoms with Gasteiger partial charge >= 0.3 is 6.11 Å². The molecular formula is C60H94F2O2. The summed E-state index contributed by atoms with van der Waals surface area (Å²) in [7, 11) is 0. The van der Waals surface area contributed by atoms with E-state index in [2.05, 4.69) is 68.4 Å². The largest absolute Gasteiger partial charge is 0.493 e. The van der Waals surface area contributed by atoms with Crippen LogP contribution in [0.1, 0.15) is 238 Å². The quantitative estimate of drug-likeness (QED) is 0.237. The van der Waals surface area contributed by atoms with Crippen molar-refractivity contribution in [1.82, 2.24) is 0 Å². The van der Waals surface area contributed by atoms with E-state index in [1.807, 2.05) is 13.0 Å². The van der Waals surface area contributed by atoms with E-state index in [1.54, 1.807) is 5.56 Å². The molecule has 0 aromatic heterocycles. The molecule has 0 amide bonds. The normalized spacial score (nSPS) is 34.1. The smallest absolute Gasteiger partial charge is 0.400 e. The van der Waals surface area contributed by atoms with Gasteiger partial charge in [-0.25, -0.2) is 0 Å². The molecule has 0 N–H and O–H groups in total. The highest BCUT2D eigenvalue weighted by Crippen LogP contribution is 2.48. The van der Waals surface area contributed by atoms with Gasteiger partial charge in [0, 0.05) is 0 Å². The van der Waals surface area contributed by atoms with Gasteiger partial charge in [-0.15, -0.1) is 0 Å². The lowest BCUT2D eigenvalue weighted by Crippen LogP contribution is -2.38.